The van der Waals surface area contributed by atoms with Crippen molar-refractivity contribution in [3.05, 3.63) is 41.5 Å². The van der Waals surface area contributed by atoms with Gasteiger partial charge in [0.15, 0.2) is 0 Å². The molecule has 0 bridgehead atoms. The molecule has 0 aliphatic rings. The van der Waals surface area contributed by atoms with Crippen LogP contribution in [-0.2, 0) is 0 Å². The predicted octanol–water partition coefficient (Wildman–Crippen LogP) is 2.34. The van der Waals surface area contributed by atoms with E-state index in [0.717, 1.165) is 11.3 Å². The van der Waals surface area contributed by atoms with E-state index < -0.39 is 0 Å². The summed E-state index contributed by atoms with van der Waals surface area (Å²) in [7, 11) is 0. The second kappa shape index (κ2) is 3.69. The van der Waals surface area contributed by atoms with Crippen molar-refractivity contribution in [1.29, 1.82) is 0 Å². The first-order valence-corrected chi connectivity index (χ1v) is 4.83. The summed E-state index contributed by atoms with van der Waals surface area (Å²) in [6.45, 7) is 4.18. The second-order valence-corrected chi connectivity index (χ2v) is 3.64. The number of nitrogens with zero attached hydrogens (tertiary/aromatic N) is 2. The van der Waals surface area contributed by atoms with Gasteiger partial charge in [0.25, 0.3) is 0 Å². The first-order valence-electron chi connectivity index (χ1n) is 4.83. The fourth-order valence-corrected chi connectivity index (χ4v) is 1.40. The number of nitrogens with two attached hydrogens (primary N) is 1. The van der Waals surface area contributed by atoms with Gasteiger partial charge in [0.2, 0.25) is 0 Å². The van der Waals surface area contributed by atoms with Crippen molar-refractivity contribution >= 4 is 5.82 Å². The summed E-state index contributed by atoms with van der Waals surface area (Å²) in [6, 6.07) is 9.88. The molecule has 3 nitrogen and oxygen atoms in total. The Morgan fingerprint density at radius 3 is 2.33 bits per heavy atom. The van der Waals surface area contributed by atoms with E-state index in [1.807, 2.05) is 12.1 Å². The molecule has 76 valence electrons. The molecule has 0 atom stereocenters. The second-order valence-electron chi connectivity index (χ2n) is 3.64. The predicted molar refractivity (Wildman–Crippen MR) is 61.4 cm³/mol. The number of rotatable bonds is 1. The van der Waals surface area contributed by atoms with Crippen molar-refractivity contribution in [3.63, 3.8) is 0 Å². The summed E-state index contributed by atoms with van der Waals surface area (Å²) in [4.78, 5) is 0. The van der Waals surface area contributed by atoms with E-state index in [2.05, 4.69) is 36.2 Å². The van der Waals surface area contributed by atoms with Gasteiger partial charge in [0.1, 0.15) is 5.82 Å². The Labute approximate surface area is 89.0 Å². The average Bonchev–Trinajstić information content (AvgIpc) is 2.23. The van der Waals surface area contributed by atoms with Crippen LogP contribution in [-0.4, -0.2) is 10.2 Å². The molecule has 0 fully saturated rings. The highest BCUT2D eigenvalue weighted by molar-refractivity contribution is 5.61. The van der Waals surface area contributed by atoms with Crippen molar-refractivity contribution < 1.29 is 0 Å². The number of aryl methyl sites for hydroxylation is 2. The van der Waals surface area contributed by atoms with Gasteiger partial charge >= 0.3 is 0 Å². The maximum atomic E-state index is 5.49. The van der Waals surface area contributed by atoms with Crippen LogP contribution in [0.4, 0.5) is 5.82 Å². The molecule has 0 radical (unpaired) electrons. The molecule has 0 saturated carbocycles. The van der Waals surface area contributed by atoms with E-state index in [4.69, 9.17) is 5.73 Å². The van der Waals surface area contributed by atoms with Crippen LogP contribution in [0, 0.1) is 13.8 Å². The molecule has 0 aliphatic carbocycles. The van der Waals surface area contributed by atoms with Gasteiger partial charge in [-0.05, 0) is 43.2 Å². The third kappa shape index (κ3) is 1.96. The molecule has 3 heteroatoms. The van der Waals surface area contributed by atoms with E-state index in [1.165, 1.54) is 11.1 Å². The van der Waals surface area contributed by atoms with Crippen molar-refractivity contribution in [2.75, 3.05) is 5.73 Å². The van der Waals surface area contributed by atoms with Crippen LogP contribution >= 0.6 is 0 Å². The lowest BCUT2D eigenvalue weighted by Gasteiger charge is -2.04. The number of hydrogen-bond donors (Lipinski definition) is 1. The Morgan fingerprint density at radius 2 is 1.73 bits per heavy atom. The van der Waals surface area contributed by atoms with Crippen LogP contribution in [0.25, 0.3) is 11.3 Å². The highest BCUT2D eigenvalue weighted by Crippen LogP contribution is 2.19. The minimum atomic E-state index is 0.447. The summed E-state index contributed by atoms with van der Waals surface area (Å²) >= 11 is 0. The zero-order chi connectivity index (χ0) is 10.8. The van der Waals surface area contributed by atoms with Gasteiger partial charge in [0, 0.05) is 5.56 Å². The van der Waals surface area contributed by atoms with Crippen molar-refractivity contribution in [1.82, 2.24) is 10.2 Å². The Hall–Kier alpha value is -1.90. The smallest absolute Gasteiger partial charge is 0.146 e. The van der Waals surface area contributed by atoms with E-state index in [0.29, 0.717) is 5.82 Å². The molecule has 2 rings (SSSR count). The van der Waals surface area contributed by atoms with E-state index in [9.17, 15) is 0 Å². The largest absolute Gasteiger partial charge is 0.382 e. The zero-order valence-corrected chi connectivity index (χ0v) is 8.86. The lowest BCUT2D eigenvalue weighted by atomic mass is 10.0. The molecular formula is C12H13N3. The quantitative estimate of drug-likeness (QED) is 0.767. The molecule has 15 heavy (non-hydrogen) atoms. The minimum absolute atomic E-state index is 0.447. The van der Waals surface area contributed by atoms with Crippen LogP contribution in [0.3, 0.4) is 0 Å². The zero-order valence-electron chi connectivity index (χ0n) is 8.86. The fourth-order valence-electron chi connectivity index (χ4n) is 1.40. The summed E-state index contributed by atoms with van der Waals surface area (Å²) in [5.74, 6) is 0.447. The molecule has 0 unspecified atom stereocenters. The molecule has 0 amide bonds. The van der Waals surface area contributed by atoms with Crippen LogP contribution in [0.1, 0.15) is 11.1 Å². The Balaban J connectivity index is 2.45. The molecule has 1 aromatic heterocycles. The Kier molecular flexibility index (Phi) is 2.37. The summed E-state index contributed by atoms with van der Waals surface area (Å²) < 4.78 is 0. The molecule has 0 saturated heterocycles. The summed E-state index contributed by atoms with van der Waals surface area (Å²) in [5.41, 5.74) is 9.95. The van der Waals surface area contributed by atoms with Crippen LogP contribution in [0.15, 0.2) is 30.3 Å². The lowest BCUT2D eigenvalue weighted by molar-refractivity contribution is 1.05. The van der Waals surface area contributed by atoms with E-state index in [1.54, 1.807) is 6.07 Å². The van der Waals surface area contributed by atoms with E-state index >= 15 is 0 Å². The molecule has 2 N–H and O–H groups in total. The van der Waals surface area contributed by atoms with Gasteiger partial charge in [-0.25, -0.2) is 0 Å². The van der Waals surface area contributed by atoms with E-state index in [-0.39, 0.29) is 0 Å². The van der Waals surface area contributed by atoms with Crippen molar-refractivity contribution in [2.45, 2.75) is 13.8 Å². The lowest BCUT2D eigenvalue weighted by Crippen LogP contribution is -1.94. The van der Waals surface area contributed by atoms with Gasteiger partial charge in [-0.3, -0.25) is 0 Å². The van der Waals surface area contributed by atoms with Gasteiger partial charge in [-0.2, -0.15) is 0 Å². The number of hydrogen-bond acceptors (Lipinski definition) is 3. The standard InChI is InChI=1S/C12H13N3/c1-8-3-4-10(7-9(8)2)11-5-6-12(13)15-14-11/h3-7H,1-2H3,(H2,13,15). The number of anilines is 1. The molecule has 1 aromatic carbocycles. The fraction of sp³-hybridized carbons (Fsp3) is 0.167. The highest BCUT2D eigenvalue weighted by Gasteiger charge is 2.01. The van der Waals surface area contributed by atoms with Gasteiger partial charge in [0.05, 0.1) is 5.69 Å². The first-order chi connectivity index (χ1) is 7.16. The molecule has 0 aliphatic heterocycles. The first kappa shape index (κ1) is 9.65. The molecule has 0 spiro atoms. The maximum absolute atomic E-state index is 5.49. The third-order valence-corrected chi connectivity index (χ3v) is 2.49. The van der Waals surface area contributed by atoms with Crippen molar-refractivity contribution in [3.8, 4) is 11.3 Å². The molecular weight excluding hydrogens is 186 g/mol. The highest BCUT2D eigenvalue weighted by atomic mass is 15.1. The van der Waals surface area contributed by atoms with Gasteiger partial charge < -0.3 is 5.73 Å². The molecule has 2 aromatic rings. The number of benzene rings is 1. The van der Waals surface area contributed by atoms with Crippen LogP contribution < -0.4 is 5.73 Å². The van der Waals surface area contributed by atoms with Crippen LogP contribution in [0.2, 0.25) is 0 Å². The number of nitrogen functional groups attached to an aromatic ring is 1. The van der Waals surface area contributed by atoms with Crippen molar-refractivity contribution in [2.24, 2.45) is 0 Å². The normalized spacial score (nSPS) is 10.3. The van der Waals surface area contributed by atoms with Gasteiger partial charge in [-0.1, -0.05) is 12.1 Å². The SMILES string of the molecule is Cc1ccc(-c2ccc(N)nn2)cc1C. The third-order valence-electron chi connectivity index (χ3n) is 2.49. The number of aromatic nitrogens is 2. The Morgan fingerprint density at radius 1 is 0.933 bits per heavy atom. The molecule has 1 heterocycles. The Bertz CT molecular complexity index is 475. The monoisotopic (exact) mass is 199 g/mol. The van der Waals surface area contributed by atoms with Gasteiger partial charge in [-0.15, -0.1) is 10.2 Å². The summed E-state index contributed by atoms with van der Waals surface area (Å²) in [6.07, 6.45) is 0. The summed E-state index contributed by atoms with van der Waals surface area (Å²) in [5, 5.41) is 7.88. The maximum Gasteiger partial charge on any atom is 0.146 e. The minimum Gasteiger partial charge on any atom is -0.382 e. The topological polar surface area (TPSA) is 51.8 Å². The van der Waals surface area contributed by atoms with Crippen LogP contribution in [0.5, 0.6) is 0 Å². The average molecular weight is 199 g/mol.